The van der Waals surface area contributed by atoms with E-state index in [0.717, 1.165) is 33.7 Å². The van der Waals surface area contributed by atoms with Crippen LogP contribution in [0.15, 0.2) is 59.5 Å². The molecule has 0 radical (unpaired) electrons. The van der Waals surface area contributed by atoms with Gasteiger partial charge in [-0.2, -0.15) is 0 Å². The number of aliphatic carboxylic acids is 1. The normalized spacial score (nSPS) is 10.4. The van der Waals surface area contributed by atoms with Crippen molar-refractivity contribution < 1.29 is 19.5 Å². The van der Waals surface area contributed by atoms with Gasteiger partial charge in [0.2, 0.25) is 0 Å². The third-order valence-electron chi connectivity index (χ3n) is 3.53. The first-order chi connectivity index (χ1) is 12.3. The lowest BCUT2D eigenvalue weighted by Crippen LogP contribution is -2.35. The average Bonchev–Trinajstić information content (AvgIpc) is 2.59. The Balaban J connectivity index is 0.000000645. The molecule has 0 aliphatic rings. The summed E-state index contributed by atoms with van der Waals surface area (Å²) in [6.45, 7) is 1.37. The molecule has 0 saturated heterocycles. The summed E-state index contributed by atoms with van der Waals surface area (Å²) in [5, 5.41) is 19.1. The molecule has 0 aliphatic carbocycles. The largest absolute Gasteiger partial charge is 0.550 e. The molecule has 0 bridgehead atoms. The van der Waals surface area contributed by atoms with Gasteiger partial charge in [-0.25, -0.2) is 0 Å². The number of benzene rings is 2. The average molecular weight is 503 g/mol. The quantitative estimate of drug-likeness (QED) is 0.342. The number of aliphatic hydroxyl groups excluding tert-OH is 1. The molecule has 27 heavy (non-hydrogen) atoms. The highest BCUT2D eigenvalue weighted by Crippen LogP contribution is 2.26. The van der Waals surface area contributed by atoms with Gasteiger partial charge in [-0.3, -0.25) is 0 Å². The number of carbonyl (C=O) groups excluding carboxylic acids is 1. The van der Waals surface area contributed by atoms with Gasteiger partial charge >= 0.3 is 0 Å². The van der Waals surface area contributed by atoms with E-state index in [-0.39, 0.29) is 30.4 Å². The van der Waals surface area contributed by atoms with E-state index in [4.69, 9.17) is 5.11 Å². The number of carboxylic acids is 1. The molecule has 2 rings (SSSR count). The van der Waals surface area contributed by atoms with E-state index in [1.54, 1.807) is 11.8 Å². The van der Waals surface area contributed by atoms with Crippen LogP contribution in [0, 0.1) is 0 Å². The van der Waals surface area contributed by atoms with Crippen LogP contribution in [0.1, 0.15) is 17.5 Å². The fraction of sp³-hybridized carbons (Fsp3) is 0.381. The Hall–Kier alpha value is -1.09. The van der Waals surface area contributed by atoms with Gasteiger partial charge in [-0.1, -0.05) is 48.5 Å². The van der Waals surface area contributed by atoms with Crippen molar-refractivity contribution in [1.82, 2.24) is 0 Å². The lowest BCUT2D eigenvalue weighted by molar-refractivity contribution is -0.870. The molecule has 0 fully saturated rings. The Kier molecular flexibility index (Phi) is 13.4. The topological polar surface area (TPSA) is 60.4 Å². The standard InChI is InChI=1S/C15H14O2S.C6H16NO.HI/c16-15(17)10-13-8-4-5-9-14(13)18-11-12-6-2-1-3-7-12;1-7(2,3)5-4-6-8;/h1-9H,10-11H2,(H,16,17);8H,4-6H2,1-3H3;1H/q;+1;/p-1. The summed E-state index contributed by atoms with van der Waals surface area (Å²) in [5.74, 6) is -0.201. The zero-order chi connectivity index (χ0) is 19.4. The summed E-state index contributed by atoms with van der Waals surface area (Å²) in [7, 11) is 6.36. The Morgan fingerprint density at radius 3 is 2.15 bits per heavy atom. The van der Waals surface area contributed by atoms with Gasteiger partial charge in [0.05, 0.1) is 27.7 Å². The van der Waals surface area contributed by atoms with Gasteiger partial charge in [0.1, 0.15) is 0 Å². The number of carbonyl (C=O) groups is 1. The van der Waals surface area contributed by atoms with E-state index in [1.165, 1.54) is 5.56 Å². The van der Waals surface area contributed by atoms with Crippen LogP contribution >= 0.6 is 35.7 Å². The molecule has 2 aromatic carbocycles. The second-order valence-corrected chi connectivity index (χ2v) is 8.04. The van der Waals surface area contributed by atoms with Crippen molar-refractivity contribution in [2.24, 2.45) is 0 Å². The van der Waals surface area contributed by atoms with Crippen LogP contribution in [0.4, 0.5) is 0 Å². The first-order valence-electron chi connectivity index (χ1n) is 8.67. The van der Waals surface area contributed by atoms with E-state index in [9.17, 15) is 9.90 Å². The Bertz CT molecular complexity index is 660. The summed E-state index contributed by atoms with van der Waals surface area (Å²) < 4.78 is 0.945. The van der Waals surface area contributed by atoms with Crippen LogP contribution in [-0.2, 0) is 17.0 Å². The molecule has 0 unspecified atom stereocenters. The molecule has 0 heterocycles. The van der Waals surface area contributed by atoms with Crippen molar-refractivity contribution in [3.8, 4) is 0 Å². The van der Waals surface area contributed by atoms with Gasteiger partial charge in [0, 0.05) is 36.1 Å². The molecule has 0 aliphatic heterocycles. The maximum absolute atomic E-state index is 10.7. The van der Waals surface area contributed by atoms with Crippen molar-refractivity contribution in [2.45, 2.75) is 23.5 Å². The molecule has 4 nitrogen and oxygen atoms in total. The molecular weight excluding hydrogens is 473 g/mol. The Morgan fingerprint density at radius 2 is 1.63 bits per heavy atom. The second-order valence-electron chi connectivity index (χ2n) is 7.02. The van der Waals surface area contributed by atoms with Crippen molar-refractivity contribution in [2.75, 3.05) is 34.3 Å². The maximum Gasteiger partial charge on any atom is 0.0802 e. The number of nitrogens with zero attached hydrogens (tertiary/aromatic N) is 1. The number of carboxylic acid groups (broad SMARTS) is 1. The van der Waals surface area contributed by atoms with Crippen molar-refractivity contribution in [1.29, 1.82) is 0 Å². The number of thioether (sulfide) groups is 1. The summed E-state index contributed by atoms with van der Waals surface area (Å²) in [6, 6.07) is 17.7. The second kappa shape index (κ2) is 14.0. The van der Waals surface area contributed by atoms with Crippen LogP contribution in [0.25, 0.3) is 0 Å². The fourth-order valence-corrected chi connectivity index (χ4v) is 3.24. The summed E-state index contributed by atoms with van der Waals surface area (Å²) >= 11 is 1.65. The van der Waals surface area contributed by atoms with E-state index in [2.05, 4.69) is 33.3 Å². The molecule has 0 atom stereocenters. The van der Waals surface area contributed by atoms with Crippen LogP contribution < -0.4 is 5.11 Å². The SMILES string of the molecule is C[N+](C)(C)CCCO.I.O=C([O-])Cc1ccccc1SCc1ccccc1. The summed E-state index contributed by atoms with van der Waals surface area (Å²) in [4.78, 5) is 11.7. The maximum atomic E-state index is 10.7. The predicted octanol–water partition coefficient (Wildman–Crippen LogP) is 2.96. The minimum Gasteiger partial charge on any atom is -0.550 e. The molecule has 2 aromatic rings. The zero-order valence-electron chi connectivity index (χ0n) is 16.3. The highest BCUT2D eigenvalue weighted by atomic mass is 127. The number of quaternary nitrogens is 1. The van der Waals surface area contributed by atoms with Crippen LogP contribution in [0.2, 0.25) is 0 Å². The Labute approximate surface area is 184 Å². The fourth-order valence-electron chi connectivity index (χ4n) is 2.23. The number of hydrogen-bond acceptors (Lipinski definition) is 4. The lowest BCUT2D eigenvalue weighted by Gasteiger charge is -2.22. The number of rotatable bonds is 8. The van der Waals surface area contributed by atoms with Gasteiger partial charge in [-0.05, 0) is 17.2 Å². The van der Waals surface area contributed by atoms with Crippen LogP contribution in [0.3, 0.4) is 0 Å². The van der Waals surface area contributed by atoms with Crippen molar-refractivity contribution >= 4 is 41.7 Å². The van der Waals surface area contributed by atoms with E-state index in [0.29, 0.717) is 6.61 Å². The lowest BCUT2D eigenvalue weighted by atomic mass is 10.1. The number of halogens is 1. The molecule has 0 saturated carbocycles. The van der Waals surface area contributed by atoms with Gasteiger partial charge in [0.15, 0.2) is 0 Å². The molecular formula is C21H30INO3S. The molecule has 0 amide bonds. The highest BCUT2D eigenvalue weighted by molar-refractivity contribution is 14.0. The smallest absolute Gasteiger partial charge is 0.0802 e. The van der Waals surface area contributed by atoms with Crippen molar-refractivity contribution in [3.63, 3.8) is 0 Å². The molecule has 1 N–H and O–H groups in total. The third-order valence-corrected chi connectivity index (χ3v) is 4.72. The number of hydrogen-bond donors (Lipinski definition) is 1. The monoisotopic (exact) mass is 503 g/mol. The summed E-state index contributed by atoms with van der Waals surface area (Å²) in [6.07, 6.45) is 0.876. The number of aliphatic hydroxyl groups is 1. The Morgan fingerprint density at radius 1 is 1.04 bits per heavy atom. The summed E-state index contributed by atoms with van der Waals surface area (Å²) in [5.41, 5.74) is 2.05. The van der Waals surface area contributed by atoms with Gasteiger partial charge in [0.25, 0.3) is 0 Å². The van der Waals surface area contributed by atoms with Crippen LogP contribution in [0.5, 0.6) is 0 Å². The highest BCUT2D eigenvalue weighted by Gasteiger charge is 2.04. The molecule has 150 valence electrons. The predicted molar refractivity (Wildman–Crippen MR) is 121 cm³/mol. The van der Waals surface area contributed by atoms with Gasteiger partial charge < -0.3 is 19.5 Å². The van der Waals surface area contributed by atoms with E-state index >= 15 is 0 Å². The minimum atomic E-state index is -1.04. The van der Waals surface area contributed by atoms with E-state index in [1.807, 2.05) is 42.5 Å². The van der Waals surface area contributed by atoms with Gasteiger partial charge in [-0.15, -0.1) is 35.7 Å². The molecule has 0 spiro atoms. The first kappa shape index (κ1) is 25.9. The van der Waals surface area contributed by atoms with E-state index < -0.39 is 5.97 Å². The third kappa shape index (κ3) is 12.8. The zero-order valence-corrected chi connectivity index (χ0v) is 19.4. The molecule has 0 aromatic heterocycles. The van der Waals surface area contributed by atoms with Crippen molar-refractivity contribution in [3.05, 3.63) is 65.7 Å². The minimum absolute atomic E-state index is 0. The molecule has 6 heteroatoms. The first-order valence-corrected chi connectivity index (χ1v) is 9.66. The van der Waals surface area contributed by atoms with Crippen LogP contribution in [-0.4, -0.2) is 49.9 Å².